The molecule has 1 heterocycles. The van der Waals surface area contributed by atoms with Crippen molar-refractivity contribution < 1.29 is 19.4 Å². The Morgan fingerprint density at radius 3 is 2.79 bits per heavy atom. The SMILES string of the molecule is COCc1ccccc1C(=O)N1CCC(C(=O)O)C1. The number of carboxylic acids is 1. The number of amides is 1. The van der Waals surface area contributed by atoms with E-state index < -0.39 is 11.9 Å². The van der Waals surface area contributed by atoms with Gasteiger partial charge in [0, 0.05) is 25.8 Å². The van der Waals surface area contributed by atoms with E-state index in [-0.39, 0.29) is 12.5 Å². The van der Waals surface area contributed by atoms with E-state index >= 15 is 0 Å². The van der Waals surface area contributed by atoms with Crippen molar-refractivity contribution in [2.24, 2.45) is 5.92 Å². The second-order valence-corrected chi connectivity index (χ2v) is 4.67. The van der Waals surface area contributed by atoms with Crippen molar-refractivity contribution in [3.63, 3.8) is 0 Å². The van der Waals surface area contributed by atoms with E-state index in [0.717, 1.165) is 5.56 Å². The number of ether oxygens (including phenoxy) is 1. The lowest BCUT2D eigenvalue weighted by Crippen LogP contribution is -2.30. The third-order valence-corrected chi connectivity index (χ3v) is 3.37. The van der Waals surface area contributed by atoms with Crippen LogP contribution in [-0.4, -0.2) is 42.1 Å². The molecule has 1 aromatic carbocycles. The van der Waals surface area contributed by atoms with Crippen molar-refractivity contribution >= 4 is 11.9 Å². The fraction of sp³-hybridized carbons (Fsp3) is 0.429. The Balaban J connectivity index is 2.14. The number of benzene rings is 1. The number of hydrogen-bond acceptors (Lipinski definition) is 3. The molecule has 1 amide bonds. The molecule has 1 unspecified atom stereocenters. The molecular weight excluding hydrogens is 246 g/mol. The number of carboxylic acid groups (broad SMARTS) is 1. The first-order chi connectivity index (χ1) is 9.13. The molecule has 102 valence electrons. The molecule has 1 saturated heterocycles. The van der Waals surface area contributed by atoms with Gasteiger partial charge in [0.05, 0.1) is 12.5 Å². The van der Waals surface area contributed by atoms with Crippen LogP contribution in [0.5, 0.6) is 0 Å². The van der Waals surface area contributed by atoms with Gasteiger partial charge in [0.15, 0.2) is 0 Å². The first-order valence-corrected chi connectivity index (χ1v) is 6.22. The molecule has 1 N–H and O–H groups in total. The normalized spacial score (nSPS) is 18.6. The molecule has 1 aliphatic heterocycles. The van der Waals surface area contributed by atoms with Crippen LogP contribution in [0.25, 0.3) is 0 Å². The van der Waals surface area contributed by atoms with Gasteiger partial charge in [-0.1, -0.05) is 18.2 Å². The number of carbonyl (C=O) groups is 2. The van der Waals surface area contributed by atoms with Gasteiger partial charge in [-0.15, -0.1) is 0 Å². The van der Waals surface area contributed by atoms with Crippen LogP contribution in [0.3, 0.4) is 0 Å². The predicted octanol–water partition coefficient (Wildman–Crippen LogP) is 1.38. The summed E-state index contributed by atoms with van der Waals surface area (Å²) in [4.78, 5) is 24.9. The zero-order valence-corrected chi connectivity index (χ0v) is 10.8. The summed E-state index contributed by atoms with van der Waals surface area (Å²) < 4.78 is 5.08. The minimum atomic E-state index is -0.833. The fourth-order valence-corrected chi connectivity index (χ4v) is 2.33. The van der Waals surface area contributed by atoms with Gasteiger partial charge in [-0.3, -0.25) is 9.59 Å². The maximum Gasteiger partial charge on any atom is 0.308 e. The van der Waals surface area contributed by atoms with Crippen LogP contribution >= 0.6 is 0 Å². The molecule has 0 aliphatic carbocycles. The summed E-state index contributed by atoms with van der Waals surface area (Å²) in [5, 5.41) is 8.96. The molecule has 5 nitrogen and oxygen atoms in total. The quantitative estimate of drug-likeness (QED) is 0.891. The van der Waals surface area contributed by atoms with Crippen molar-refractivity contribution in [3.05, 3.63) is 35.4 Å². The molecule has 1 aromatic rings. The summed E-state index contributed by atoms with van der Waals surface area (Å²) in [5.74, 6) is -1.39. The standard InChI is InChI=1S/C14H17NO4/c1-19-9-11-4-2-3-5-12(11)13(16)15-7-6-10(8-15)14(17)18/h2-5,10H,6-9H2,1H3,(H,17,18). The van der Waals surface area contributed by atoms with Gasteiger partial charge in [0.25, 0.3) is 5.91 Å². The number of rotatable bonds is 4. The molecule has 1 atom stereocenters. The zero-order chi connectivity index (χ0) is 13.8. The van der Waals surface area contributed by atoms with E-state index in [2.05, 4.69) is 0 Å². The molecule has 1 aliphatic rings. The molecule has 2 rings (SSSR count). The number of hydrogen-bond donors (Lipinski definition) is 1. The Hall–Kier alpha value is -1.88. The van der Waals surface area contributed by atoms with E-state index in [0.29, 0.717) is 25.1 Å². The van der Waals surface area contributed by atoms with Crippen LogP contribution in [-0.2, 0) is 16.1 Å². The Bertz CT molecular complexity index is 486. The molecule has 5 heteroatoms. The highest BCUT2D eigenvalue weighted by molar-refractivity contribution is 5.96. The molecule has 0 radical (unpaired) electrons. The van der Waals surface area contributed by atoms with Gasteiger partial charge in [-0.25, -0.2) is 0 Å². The Kier molecular flexibility index (Phi) is 4.16. The zero-order valence-electron chi connectivity index (χ0n) is 10.8. The van der Waals surface area contributed by atoms with Crippen LogP contribution in [0.4, 0.5) is 0 Å². The average molecular weight is 263 g/mol. The first kappa shape index (κ1) is 13.5. The summed E-state index contributed by atoms with van der Waals surface area (Å²) in [7, 11) is 1.58. The molecule has 0 saturated carbocycles. The number of methoxy groups -OCH3 is 1. The second kappa shape index (κ2) is 5.84. The summed E-state index contributed by atoms with van der Waals surface area (Å²) in [6.45, 7) is 1.16. The smallest absolute Gasteiger partial charge is 0.308 e. The van der Waals surface area contributed by atoms with Gasteiger partial charge in [-0.05, 0) is 18.1 Å². The van der Waals surface area contributed by atoms with Crippen LogP contribution < -0.4 is 0 Å². The predicted molar refractivity (Wildman–Crippen MR) is 68.8 cm³/mol. The summed E-state index contributed by atoms with van der Waals surface area (Å²) in [5.41, 5.74) is 1.42. The van der Waals surface area contributed by atoms with E-state index in [9.17, 15) is 9.59 Å². The minimum absolute atomic E-state index is 0.114. The minimum Gasteiger partial charge on any atom is -0.481 e. The van der Waals surface area contributed by atoms with Gasteiger partial charge >= 0.3 is 5.97 Å². The first-order valence-electron chi connectivity index (χ1n) is 6.22. The molecule has 0 spiro atoms. The third-order valence-electron chi connectivity index (χ3n) is 3.37. The Labute approximate surface area is 111 Å². The van der Waals surface area contributed by atoms with Crippen molar-refractivity contribution in [1.82, 2.24) is 4.90 Å². The number of likely N-dealkylation sites (tertiary alicyclic amines) is 1. The van der Waals surface area contributed by atoms with Crippen LogP contribution in [0, 0.1) is 5.92 Å². The summed E-state index contributed by atoms with van der Waals surface area (Å²) in [6, 6.07) is 7.26. The van der Waals surface area contributed by atoms with Crippen LogP contribution in [0.2, 0.25) is 0 Å². The van der Waals surface area contributed by atoms with Gasteiger partial charge in [0.1, 0.15) is 0 Å². The van der Waals surface area contributed by atoms with Crippen molar-refractivity contribution in [2.75, 3.05) is 20.2 Å². The van der Waals surface area contributed by atoms with E-state index in [1.807, 2.05) is 12.1 Å². The van der Waals surface area contributed by atoms with Crippen LogP contribution in [0.1, 0.15) is 22.3 Å². The van der Waals surface area contributed by atoms with Crippen LogP contribution in [0.15, 0.2) is 24.3 Å². The Morgan fingerprint density at radius 1 is 1.42 bits per heavy atom. The van der Waals surface area contributed by atoms with E-state index in [4.69, 9.17) is 9.84 Å². The number of aliphatic carboxylic acids is 1. The fourth-order valence-electron chi connectivity index (χ4n) is 2.33. The maximum absolute atomic E-state index is 12.4. The Morgan fingerprint density at radius 2 is 2.16 bits per heavy atom. The molecule has 0 aromatic heterocycles. The largest absolute Gasteiger partial charge is 0.481 e. The van der Waals surface area contributed by atoms with Crippen molar-refractivity contribution in [2.45, 2.75) is 13.0 Å². The van der Waals surface area contributed by atoms with Crippen molar-refractivity contribution in [1.29, 1.82) is 0 Å². The monoisotopic (exact) mass is 263 g/mol. The highest BCUT2D eigenvalue weighted by atomic mass is 16.5. The molecule has 0 bridgehead atoms. The van der Waals surface area contributed by atoms with E-state index in [1.165, 1.54) is 0 Å². The van der Waals surface area contributed by atoms with E-state index in [1.54, 1.807) is 24.1 Å². The highest BCUT2D eigenvalue weighted by Crippen LogP contribution is 2.20. The van der Waals surface area contributed by atoms with Gasteiger partial charge < -0.3 is 14.7 Å². The van der Waals surface area contributed by atoms with Crippen molar-refractivity contribution in [3.8, 4) is 0 Å². The second-order valence-electron chi connectivity index (χ2n) is 4.67. The highest BCUT2D eigenvalue weighted by Gasteiger charge is 2.31. The topological polar surface area (TPSA) is 66.8 Å². The lowest BCUT2D eigenvalue weighted by molar-refractivity contribution is -0.141. The molecule has 19 heavy (non-hydrogen) atoms. The van der Waals surface area contributed by atoms with Gasteiger partial charge in [-0.2, -0.15) is 0 Å². The molecular formula is C14H17NO4. The average Bonchev–Trinajstić information content (AvgIpc) is 2.89. The number of nitrogens with zero attached hydrogens (tertiary/aromatic N) is 1. The lowest BCUT2D eigenvalue weighted by Gasteiger charge is -2.17. The lowest BCUT2D eigenvalue weighted by atomic mass is 10.1. The third kappa shape index (κ3) is 2.93. The molecule has 1 fully saturated rings. The van der Waals surface area contributed by atoms with Gasteiger partial charge in [0.2, 0.25) is 0 Å². The maximum atomic E-state index is 12.4. The summed E-state index contributed by atoms with van der Waals surface area (Å²) >= 11 is 0. The summed E-state index contributed by atoms with van der Waals surface area (Å²) in [6.07, 6.45) is 0.521. The number of carbonyl (C=O) groups excluding carboxylic acids is 1.